The first-order chi connectivity index (χ1) is 30.5. The summed E-state index contributed by atoms with van der Waals surface area (Å²) in [6.07, 6.45) is 0. The summed E-state index contributed by atoms with van der Waals surface area (Å²) in [5.74, 6) is 1.34. The Morgan fingerprint density at radius 3 is 1.31 bits per heavy atom. The minimum atomic E-state index is 0.445. The standard InChI is InChI=1S/C56H32N6/c57-33-36-14-18-41(19-15-36)54-60-55(42-20-16-37(34-58)17-21-42)62-56(61-54)48-10-4-9-46(32-48)51-13-5-12-50(53(51)35-59)45-8-3-7-43(30-45)38-22-24-39(25-23-38)44-28-29-52-47(31-44)27-26-40-6-1-2-11-49(40)52/h1-32H. The Labute approximate surface area is 358 Å². The topological polar surface area (TPSA) is 110 Å². The Hall–Kier alpha value is -9.02. The molecule has 0 fully saturated rings. The Balaban J connectivity index is 0.976. The fraction of sp³-hybridized carbons (Fsp3) is 0. The summed E-state index contributed by atoms with van der Waals surface area (Å²) >= 11 is 0. The molecule has 286 valence electrons. The lowest BCUT2D eigenvalue weighted by atomic mass is 9.90. The van der Waals surface area contributed by atoms with Crippen LogP contribution in [0, 0.1) is 34.0 Å². The van der Waals surface area contributed by atoms with Crippen LogP contribution in [-0.4, -0.2) is 15.0 Å². The van der Waals surface area contributed by atoms with Crippen LogP contribution < -0.4 is 0 Å². The number of nitriles is 3. The molecule has 6 nitrogen and oxygen atoms in total. The van der Waals surface area contributed by atoms with Gasteiger partial charge in [-0.2, -0.15) is 15.8 Å². The molecule has 0 saturated carbocycles. The van der Waals surface area contributed by atoms with Crippen molar-refractivity contribution < 1.29 is 0 Å². The van der Waals surface area contributed by atoms with Crippen molar-refractivity contribution in [2.24, 2.45) is 0 Å². The van der Waals surface area contributed by atoms with Gasteiger partial charge in [0.25, 0.3) is 0 Å². The van der Waals surface area contributed by atoms with E-state index in [1.807, 2.05) is 78.9 Å². The highest BCUT2D eigenvalue weighted by Gasteiger charge is 2.17. The van der Waals surface area contributed by atoms with E-state index in [2.05, 4.69) is 109 Å². The monoisotopic (exact) mass is 788 g/mol. The van der Waals surface area contributed by atoms with Crippen molar-refractivity contribution in [2.45, 2.75) is 0 Å². The number of fused-ring (bicyclic) bond motifs is 3. The van der Waals surface area contributed by atoms with Gasteiger partial charge in [-0.25, -0.2) is 15.0 Å². The minimum Gasteiger partial charge on any atom is -0.208 e. The summed E-state index contributed by atoms with van der Waals surface area (Å²) in [6, 6.07) is 71.4. The smallest absolute Gasteiger partial charge is 0.164 e. The molecule has 62 heavy (non-hydrogen) atoms. The largest absolute Gasteiger partial charge is 0.208 e. The first-order valence-electron chi connectivity index (χ1n) is 20.1. The van der Waals surface area contributed by atoms with Gasteiger partial charge >= 0.3 is 0 Å². The van der Waals surface area contributed by atoms with E-state index in [0.29, 0.717) is 34.2 Å². The van der Waals surface area contributed by atoms with Gasteiger partial charge in [-0.1, -0.05) is 127 Å². The molecule has 1 heterocycles. The van der Waals surface area contributed by atoms with Crippen LogP contribution >= 0.6 is 0 Å². The molecule has 0 bridgehead atoms. The molecule has 0 saturated heterocycles. The van der Waals surface area contributed by atoms with Crippen LogP contribution in [-0.2, 0) is 0 Å². The molecule has 0 spiro atoms. The molecule has 0 N–H and O–H groups in total. The maximum Gasteiger partial charge on any atom is 0.164 e. The minimum absolute atomic E-state index is 0.445. The van der Waals surface area contributed by atoms with E-state index < -0.39 is 0 Å². The molecule has 0 radical (unpaired) electrons. The maximum atomic E-state index is 10.7. The first-order valence-corrected chi connectivity index (χ1v) is 20.1. The highest BCUT2D eigenvalue weighted by atomic mass is 15.0. The van der Waals surface area contributed by atoms with Gasteiger partial charge in [0, 0.05) is 27.8 Å². The molecule has 0 amide bonds. The third-order valence-corrected chi connectivity index (χ3v) is 11.3. The van der Waals surface area contributed by atoms with Crippen LogP contribution in [0.2, 0.25) is 0 Å². The summed E-state index contributed by atoms with van der Waals surface area (Å²) in [7, 11) is 0. The van der Waals surface area contributed by atoms with E-state index in [0.717, 1.165) is 55.6 Å². The third kappa shape index (κ3) is 7.09. The van der Waals surface area contributed by atoms with E-state index in [-0.39, 0.29) is 0 Å². The van der Waals surface area contributed by atoms with Crippen LogP contribution in [0.5, 0.6) is 0 Å². The van der Waals surface area contributed by atoms with Crippen LogP contribution in [0.15, 0.2) is 194 Å². The number of rotatable bonds is 7. The zero-order chi connectivity index (χ0) is 42.0. The number of hydrogen-bond donors (Lipinski definition) is 0. The number of hydrogen-bond acceptors (Lipinski definition) is 6. The van der Waals surface area contributed by atoms with Crippen molar-refractivity contribution in [1.29, 1.82) is 15.8 Å². The van der Waals surface area contributed by atoms with Crippen LogP contribution in [0.25, 0.3) is 100 Å². The van der Waals surface area contributed by atoms with E-state index in [4.69, 9.17) is 15.0 Å². The van der Waals surface area contributed by atoms with Crippen molar-refractivity contribution >= 4 is 21.5 Å². The van der Waals surface area contributed by atoms with Gasteiger partial charge in [-0.05, 0) is 122 Å². The van der Waals surface area contributed by atoms with Gasteiger partial charge in [0.05, 0.1) is 28.8 Å². The molecule has 6 heteroatoms. The molecular formula is C56H32N6. The predicted octanol–water partition coefficient (Wildman–Crippen LogP) is 13.5. The molecule has 10 rings (SSSR count). The second-order valence-electron chi connectivity index (χ2n) is 15.0. The molecular weight excluding hydrogens is 757 g/mol. The highest BCUT2D eigenvalue weighted by molar-refractivity contribution is 6.08. The summed E-state index contributed by atoms with van der Waals surface area (Å²) in [6.45, 7) is 0. The molecule has 0 aliphatic carbocycles. The first kappa shape index (κ1) is 37.3. The molecule has 1 aromatic heterocycles. The second kappa shape index (κ2) is 16.0. The third-order valence-electron chi connectivity index (χ3n) is 11.3. The Kier molecular flexibility index (Phi) is 9.60. The zero-order valence-corrected chi connectivity index (χ0v) is 33.2. The zero-order valence-electron chi connectivity index (χ0n) is 33.2. The summed E-state index contributed by atoms with van der Waals surface area (Å²) < 4.78 is 0. The normalized spacial score (nSPS) is 10.9. The Morgan fingerprint density at radius 2 is 0.726 bits per heavy atom. The van der Waals surface area contributed by atoms with Gasteiger partial charge in [0.1, 0.15) is 6.07 Å². The number of aromatic nitrogens is 3. The lowest BCUT2D eigenvalue weighted by Gasteiger charge is -2.13. The average Bonchev–Trinajstić information content (AvgIpc) is 3.36. The van der Waals surface area contributed by atoms with Crippen molar-refractivity contribution in [1.82, 2.24) is 15.0 Å². The average molecular weight is 789 g/mol. The van der Waals surface area contributed by atoms with Gasteiger partial charge in [-0.15, -0.1) is 0 Å². The lowest BCUT2D eigenvalue weighted by molar-refractivity contribution is 1.07. The van der Waals surface area contributed by atoms with Crippen LogP contribution in [0.3, 0.4) is 0 Å². The SMILES string of the molecule is N#Cc1ccc(-c2nc(-c3ccc(C#N)cc3)nc(-c3cccc(-c4cccc(-c5cccc(-c6ccc(-c7ccc8c(ccc9ccccc98)c7)cc6)c5)c4C#N)c3)n2)cc1. The molecule has 0 unspecified atom stereocenters. The second-order valence-corrected chi connectivity index (χ2v) is 15.0. The van der Waals surface area contributed by atoms with Gasteiger partial charge in [0.2, 0.25) is 0 Å². The van der Waals surface area contributed by atoms with Gasteiger partial charge in [-0.3, -0.25) is 0 Å². The van der Waals surface area contributed by atoms with Crippen molar-refractivity contribution in [3.05, 3.63) is 211 Å². The summed E-state index contributed by atoms with van der Waals surface area (Å²) in [4.78, 5) is 14.6. The fourth-order valence-electron chi connectivity index (χ4n) is 8.04. The molecule has 0 aliphatic rings. The number of benzene rings is 9. The van der Waals surface area contributed by atoms with E-state index in [1.54, 1.807) is 24.3 Å². The molecule has 10 aromatic rings. The highest BCUT2D eigenvalue weighted by Crippen LogP contribution is 2.37. The van der Waals surface area contributed by atoms with E-state index in [9.17, 15) is 15.8 Å². The summed E-state index contributed by atoms with van der Waals surface area (Å²) in [5.41, 5.74) is 11.7. The van der Waals surface area contributed by atoms with Crippen molar-refractivity contribution in [3.8, 4) is 96.9 Å². The van der Waals surface area contributed by atoms with Gasteiger partial charge < -0.3 is 0 Å². The predicted molar refractivity (Wildman–Crippen MR) is 247 cm³/mol. The molecule has 9 aromatic carbocycles. The van der Waals surface area contributed by atoms with Crippen molar-refractivity contribution in [2.75, 3.05) is 0 Å². The Bertz CT molecular complexity index is 3400. The summed E-state index contributed by atoms with van der Waals surface area (Å²) in [5, 5.41) is 34.4. The van der Waals surface area contributed by atoms with E-state index >= 15 is 0 Å². The van der Waals surface area contributed by atoms with Crippen LogP contribution in [0.4, 0.5) is 0 Å². The Morgan fingerprint density at radius 1 is 0.290 bits per heavy atom. The maximum absolute atomic E-state index is 10.7. The molecule has 0 aliphatic heterocycles. The van der Waals surface area contributed by atoms with E-state index in [1.165, 1.54) is 27.1 Å². The van der Waals surface area contributed by atoms with Gasteiger partial charge in [0.15, 0.2) is 17.5 Å². The lowest BCUT2D eigenvalue weighted by Crippen LogP contribution is -2.00. The quantitative estimate of drug-likeness (QED) is 0.149. The van der Waals surface area contributed by atoms with Crippen LogP contribution in [0.1, 0.15) is 16.7 Å². The molecule has 0 atom stereocenters. The number of nitrogens with zero attached hydrogens (tertiary/aromatic N) is 6. The van der Waals surface area contributed by atoms with Crippen molar-refractivity contribution in [3.63, 3.8) is 0 Å². The fourth-order valence-corrected chi connectivity index (χ4v) is 8.04.